The highest BCUT2D eigenvalue weighted by atomic mass is 16.6. The second-order valence-corrected chi connectivity index (χ2v) is 4.73. The second-order valence-electron chi connectivity index (χ2n) is 4.73. The lowest BCUT2D eigenvalue weighted by atomic mass is 9.82. The summed E-state index contributed by atoms with van der Waals surface area (Å²) in [6.07, 6.45) is 0. The molecule has 0 aromatic heterocycles. The third-order valence-corrected chi connectivity index (χ3v) is 3.52. The van der Waals surface area contributed by atoms with E-state index in [1.54, 1.807) is 0 Å². The monoisotopic (exact) mass is 314 g/mol. The van der Waals surface area contributed by atoms with Crippen LogP contribution in [0.25, 0.3) is 0 Å². The van der Waals surface area contributed by atoms with Crippen molar-refractivity contribution in [2.75, 3.05) is 0 Å². The average Bonchev–Trinajstić information content (AvgIpc) is 2.51. The van der Waals surface area contributed by atoms with Crippen LogP contribution in [-0.2, 0) is 0 Å². The van der Waals surface area contributed by atoms with Gasteiger partial charge in [-0.25, -0.2) is 0 Å². The highest BCUT2D eigenvalue weighted by Crippen LogP contribution is 2.40. The molecule has 0 amide bonds. The first kappa shape index (κ1) is 14.3. The first-order chi connectivity index (χ1) is 10.8. The van der Waals surface area contributed by atoms with Gasteiger partial charge in [0.1, 0.15) is 16.9 Å². The highest BCUT2D eigenvalue weighted by molar-refractivity contribution is 6.31. The molecule has 0 spiro atoms. The van der Waals surface area contributed by atoms with Crippen LogP contribution in [0.4, 0.5) is 11.4 Å². The summed E-state index contributed by atoms with van der Waals surface area (Å²) in [4.78, 5) is 45.5. The maximum atomic E-state index is 12.5. The molecule has 1 aliphatic carbocycles. The molecule has 9 heteroatoms. The SMILES string of the molecule is O=C1c2c(cccc2[N+](=O)[O-])C(=O)c2c([N+](=O)[O-])ccc(O)c21. The van der Waals surface area contributed by atoms with E-state index in [2.05, 4.69) is 0 Å². The third-order valence-electron chi connectivity index (χ3n) is 3.52. The molecule has 0 saturated carbocycles. The van der Waals surface area contributed by atoms with Crippen molar-refractivity contribution in [3.05, 3.63) is 72.8 Å². The van der Waals surface area contributed by atoms with E-state index in [0.717, 1.165) is 18.2 Å². The zero-order valence-electron chi connectivity index (χ0n) is 11.2. The van der Waals surface area contributed by atoms with Crippen LogP contribution in [0.5, 0.6) is 5.75 Å². The molecule has 2 aromatic carbocycles. The molecular weight excluding hydrogens is 308 g/mol. The van der Waals surface area contributed by atoms with E-state index in [9.17, 15) is 34.9 Å². The molecule has 9 nitrogen and oxygen atoms in total. The molecule has 1 aliphatic rings. The average molecular weight is 314 g/mol. The van der Waals surface area contributed by atoms with Crippen LogP contribution in [0.3, 0.4) is 0 Å². The number of nitrogens with zero attached hydrogens (tertiary/aromatic N) is 2. The number of nitro benzene ring substituents is 2. The molecule has 0 unspecified atom stereocenters. The van der Waals surface area contributed by atoms with E-state index in [0.29, 0.717) is 0 Å². The Morgan fingerprint density at radius 1 is 0.783 bits per heavy atom. The van der Waals surface area contributed by atoms with Crippen LogP contribution in [0.15, 0.2) is 30.3 Å². The Hall–Kier alpha value is -3.62. The first-order valence-electron chi connectivity index (χ1n) is 6.21. The van der Waals surface area contributed by atoms with Gasteiger partial charge in [-0.2, -0.15) is 0 Å². The van der Waals surface area contributed by atoms with Crippen LogP contribution in [0, 0.1) is 20.2 Å². The number of benzene rings is 2. The maximum Gasteiger partial charge on any atom is 0.281 e. The van der Waals surface area contributed by atoms with E-state index < -0.39 is 55.2 Å². The van der Waals surface area contributed by atoms with E-state index >= 15 is 0 Å². The fourth-order valence-electron chi connectivity index (χ4n) is 2.57. The van der Waals surface area contributed by atoms with Crippen LogP contribution >= 0.6 is 0 Å². The number of nitro groups is 2. The predicted molar refractivity (Wildman–Crippen MR) is 74.7 cm³/mol. The Kier molecular flexibility index (Phi) is 2.93. The summed E-state index contributed by atoms with van der Waals surface area (Å²) < 4.78 is 0. The van der Waals surface area contributed by atoms with Crippen LogP contribution in [-0.4, -0.2) is 26.5 Å². The van der Waals surface area contributed by atoms with Crippen LogP contribution < -0.4 is 0 Å². The predicted octanol–water partition coefficient (Wildman–Crippen LogP) is 1.98. The molecule has 2 aromatic rings. The molecule has 114 valence electrons. The van der Waals surface area contributed by atoms with Crippen molar-refractivity contribution in [3.8, 4) is 5.75 Å². The second kappa shape index (κ2) is 4.70. The molecular formula is C14H6N2O7. The summed E-state index contributed by atoms with van der Waals surface area (Å²) in [5, 5.41) is 32.0. The van der Waals surface area contributed by atoms with Gasteiger partial charge in [0, 0.05) is 17.7 Å². The standard InChI is InChI=1S/C14H6N2O7/c17-9-5-4-8(16(22)23)11-12(9)14(19)10-6(13(11)18)2-1-3-7(10)15(20)21/h1-5,17H. The molecule has 3 rings (SSSR count). The lowest BCUT2D eigenvalue weighted by Crippen LogP contribution is -2.23. The number of carbonyl (C=O) groups excluding carboxylic acids is 2. The minimum absolute atomic E-state index is 0.301. The summed E-state index contributed by atoms with van der Waals surface area (Å²) >= 11 is 0. The topological polar surface area (TPSA) is 141 Å². The van der Waals surface area contributed by atoms with Gasteiger partial charge < -0.3 is 5.11 Å². The van der Waals surface area contributed by atoms with E-state index in [1.807, 2.05) is 0 Å². The van der Waals surface area contributed by atoms with E-state index in [1.165, 1.54) is 12.1 Å². The zero-order chi connectivity index (χ0) is 16.9. The number of hydrogen-bond donors (Lipinski definition) is 1. The first-order valence-corrected chi connectivity index (χ1v) is 6.21. The normalized spacial score (nSPS) is 12.5. The third kappa shape index (κ3) is 1.87. The minimum atomic E-state index is -0.997. The summed E-state index contributed by atoms with van der Waals surface area (Å²) in [6.45, 7) is 0. The largest absolute Gasteiger partial charge is 0.507 e. The van der Waals surface area contributed by atoms with Gasteiger partial charge in [-0.3, -0.25) is 29.8 Å². The molecule has 0 bridgehead atoms. The zero-order valence-corrected chi connectivity index (χ0v) is 11.2. The van der Waals surface area contributed by atoms with Gasteiger partial charge in [-0.1, -0.05) is 6.07 Å². The number of ketones is 2. The molecule has 1 N–H and O–H groups in total. The Bertz CT molecular complexity index is 933. The van der Waals surface area contributed by atoms with Crippen LogP contribution in [0.1, 0.15) is 31.8 Å². The van der Waals surface area contributed by atoms with Crippen LogP contribution in [0.2, 0.25) is 0 Å². The lowest BCUT2D eigenvalue weighted by Gasteiger charge is -2.17. The number of phenols is 1. The maximum absolute atomic E-state index is 12.5. The van der Waals surface area contributed by atoms with Crippen molar-refractivity contribution in [3.63, 3.8) is 0 Å². The molecule has 0 heterocycles. The molecule has 23 heavy (non-hydrogen) atoms. The minimum Gasteiger partial charge on any atom is -0.507 e. The van der Waals surface area contributed by atoms with Gasteiger partial charge in [0.15, 0.2) is 0 Å². The summed E-state index contributed by atoms with van der Waals surface area (Å²) in [5.41, 5.74) is -3.18. The van der Waals surface area contributed by atoms with E-state index in [-0.39, 0.29) is 5.56 Å². The number of carbonyl (C=O) groups is 2. The Morgan fingerprint density at radius 3 is 2.00 bits per heavy atom. The summed E-state index contributed by atoms with van der Waals surface area (Å²) in [6, 6.07) is 5.24. The Balaban J connectivity index is 2.43. The molecule has 0 saturated heterocycles. The number of rotatable bonds is 2. The highest BCUT2D eigenvalue weighted by Gasteiger charge is 2.41. The smallest absolute Gasteiger partial charge is 0.281 e. The van der Waals surface area contributed by atoms with Crippen molar-refractivity contribution < 1.29 is 24.5 Å². The van der Waals surface area contributed by atoms with Gasteiger partial charge >= 0.3 is 0 Å². The number of aromatic hydroxyl groups is 1. The van der Waals surface area contributed by atoms with Crippen molar-refractivity contribution in [2.24, 2.45) is 0 Å². The molecule has 0 atom stereocenters. The Labute approximate surface area is 127 Å². The lowest BCUT2D eigenvalue weighted by molar-refractivity contribution is -0.385. The summed E-state index contributed by atoms with van der Waals surface area (Å²) in [5.74, 6) is -2.56. The van der Waals surface area contributed by atoms with Crippen molar-refractivity contribution in [1.82, 2.24) is 0 Å². The van der Waals surface area contributed by atoms with Crippen molar-refractivity contribution in [1.29, 1.82) is 0 Å². The number of hydrogen-bond acceptors (Lipinski definition) is 7. The van der Waals surface area contributed by atoms with Crippen molar-refractivity contribution in [2.45, 2.75) is 0 Å². The van der Waals surface area contributed by atoms with Crippen molar-refractivity contribution >= 4 is 22.9 Å². The molecule has 0 aliphatic heterocycles. The fraction of sp³-hybridized carbons (Fsp3) is 0. The van der Waals surface area contributed by atoms with Gasteiger partial charge in [0.25, 0.3) is 11.4 Å². The van der Waals surface area contributed by atoms with Gasteiger partial charge in [-0.05, 0) is 12.1 Å². The molecule has 0 radical (unpaired) electrons. The fourth-order valence-corrected chi connectivity index (χ4v) is 2.57. The number of fused-ring (bicyclic) bond motifs is 2. The Morgan fingerprint density at radius 2 is 1.39 bits per heavy atom. The summed E-state index contributed by atoms with van der Waals surface area (Å²) in [7, 11) is 0. The van der Waals surface area contributed by atoms with E-state index in [4.69, 9.17) is 0 Å². The van der Waals surface area contributed by atoms with Gasteiger partial charge in [0.05, 0.1) is 15.4 Å². The van der Waals surface area contributed by atoms with Gasteiger partial charge in [-0.15, -0.1) is 0 Å². The van der Waals surface area contributed by atoms with Gasteiger partial charge in [0.2, 0.25) is 11.6 Å². The molecule has 0 fully saturated rings. The quantitative estimate of drug-likeness (QED) is 0.563. The number of phenolic OH excluding ortho intramolecular Hbond substituents is 1.